The highest BCUT2D eigenvalue weighted by atomic mass is 16.4. The first-order valence-corrected chi connectivity index (χ1v) is 9.35. The summed E-state index contributed by atoms with van der Waals surface area (Å²) < 4.78 is 0. The molecule has 1 fully saturated rings. The number of fused-ring (bicyclic) bond motifs is 3. The van der Waals surface area contributed by atoms with Gasteiger partial charge in [0, 0.05) is 25.0 Å². The van der Waals surface area contributed by atoms with Crippen molar-refractivity contribution in [1.82, 2.24) is 4.90 Å². The van der Waals surface area contributed by atoms with Gasteiger partial charge < -0.3 is 19.8 Å². The molecule has 0 aromatic heterocycles. The van der Waals surface area contributed by atoms with Crippen LogP contribution in [0.5, 0.6) is 0 Å². The van der Waals surface area contributed by atoms with Crippen molar-refractivity contribution in [1.29, 1.82) is 0 Å². The van der Waals surface area contributed by atoms with E-state index < -0.39 is 6.09 Å². The molecular weight excluding hydrogens is 342 g/mol. The monoisotopic (exact) mass is 363 g/mol. The van der Waals surface area contributed by atoms with Gasteiger partial charge in [0.2, 0.25) is 5.91 Å². The Hall–Kier alpha value is -3.02. The standard InChI is InChI=1S/C21H21N3O3/c25-19-13-24-17-9-10-22(21(26)27)12-16(17)15-7-4-8-18(20(15)24)23(19)11-14-5-2-1-3-6-14/h1-8,16-17H,9-13H2,(H,26,27)/t16-,17-/m0/s1. The number of hydrogen-bond donors (Lipinski definition) is 1. The van der Waals surface area contributed by atoms with Crippen LogP contribution < -0.4 is 9.80 Å². The van der Waals surface area contributed by atoms with E-state index in [1.54, 1.807) is 0 Å². The fraction of sp³-hybridized carbons (Fsp3) is 0.333. The Morgan fingerprint density at radius 1 is 1.11 bits per heavy atom. The molecule has 0 saturated carbocycles. The highest BCUT2D eigenvalue weighted by molar-refractivity contribution is 6.05. The summed E-state index contributed by atoms with van der Waals surface area (Å²) in [4.78, 5) is 30.0. The maximum atomic E-state index is 13.0. The Balaban J connectivity index is 1.54. The Kier molecular flexibility index (Phi) is 3.60. The summed E-state index contributed by atoms with van der Waals surface area (Å²) in [6, 6.07) is 16.3. The number of piperidine rings is 1. The summed E-state index contributed by atoms with van der Waals surface area (Å²) in [5, 5.41) is 9.39. The molecule has 2 aromatic rings. The molecule has 2 atom stereocenters. The number of anilines is 2. The van der Waals surface area contributed by atoms with Crippen LogP contribution in [0.2, 0.25) is 0 Å². The lowest BCUT2D eigenvalue weighted by molar-refractivity contribution is -0.117. The van der Waals surface area contributed by atoms with Crippen LogP contribution in [0.1, 0.15) is 23.5 Å². The van der Waals surface area contributed by atoms with E-state index in [9.17, 15) is 14.7 Å². The predicted molar refractivity (Wildman–Crippen MR) is 102 cm³/mol. The van der Waals surface area contributed by atoms with Gasteiger partial charge in [-0.3, -0.25) is 4.79 Å². The first kappa shape index (κ1) is 16.2. The average Bonchev–Trinajstić information content (AvgIpc) is 3.00. The fourth-order valence-corrected chi connectivity index (χ4v) is 4.84. The number of amides is 2. The Morgan fingerprint density at radius 2 is 1.93 bits per heavy atom. The van der Waals surface area contributed by atoms with Crippen LogP contribution >= 0.6 is 0 Å². The molecule has 6 nitrogen and oxygen atoms in total. The van der Waals surface area contributed by atoms with Crippen molar-refractivity contribution in [3.8, 4) is 0 Å². The highest BCUT2D eigenvalue weighted by Crippen LogP contribution is 2.51. The summed E-state index contributed by atoms with van der Waals surface area (Å²) in [5.41, 5.74) is 4.34. The van der Waals surface area contributed by atoms with Crippen LogP contribution in [-0.2, 0) is 11.3 Å². The van der Waals surface area contributed by atoms with Gasteiger partial charge in [-0.1, -0.05) is 42.5 Å². The van der Waals surface area contributed by atoms with Crippen molar-refractivity contribution in [3.05, 3.63) is 59.7 Å². The van der Waals surface area contributed by atoms with Crippen LogP contribution in [0.15, 0.2) is 48.5 Å². The molecule has 3 aliphatic heterocycles. The summed E-state index contributed by atoms with van der Waals surface area (Å²) >= 11 is 0. The fourth-order valence-electron chi connectivity index (χ4n) is 4.84. The van der Waals surface area contributed by atoms with E-state index in [1.165, 1.54) is 10.5 Å². The van der Waals surface area contributed by atoms with Crippen LogP contribution in [0.25, 0.3) is 0 Å². The molecule has 0 radical (unpaired) electrons. The molecule has 2 aromatic carbocycles. The smallest absolute Gasteiger partial charge is 0.407 e. The van der Waals surface area contributed by atoms with Gasteiger partial charge >= 0.3 is 6.09 Å². The number of carbonyl (C=O) groups excluding carboxylic acids is 1. The van der Waals surface area contributed by atoms with Crippen molar-refractivity contribution in [2.24, 2.45) is 0 Å². The minimum absolute atomic E-state index is 0.102. The molecule has 0 spiro atoms. The summed E-state index contributed by atoms with van der Waals surface area (Å²) in [5.74, 6) is 0.235. The number of rotatable bonds is 2. The molecule has 0 aliphatic carbocycles. The third-order valence-electron chi connectivity index (χ3n) is 6.06. The quantitative estimate of drug-likeness (QED) is 0.891. The minimum atomic E-state index is -0.860. The molecule has 2 amide bonds. The van der Waals surface area contributed by atoms with Crippen molar-refractivity contribution in [3.63, 3.8) is 0 Å². The molecule has 0 unspecified atom stereocenters. The maximum Gasteiger partial charge on any atom is 0.407 e. The van der Waals surface area contributed by atoms with E-state index in [2.05, 4.69) is 11.0 Å². The van der Waals surface area contributed by atoms with Gasteiger partial charge in [0.1, 0.15) is 0 Å². The minimum Gasteiger partial charge on any atom is -0.465 e. The Bertz CT molecular complexity index is 914. The number of carboxylic acid groups (broad SMARTS) is 1. The molecule has 138 valence electrons. The zero-order valence-corrected chi connectivity index (χ0v) is 14.9. The molecule has 3 aliphatic rings. The number of nitrogens with zero attached hydrogens (tertiary/aromatic N) is 3. The average molecular weight is 363 g/mol. The zero-order valence-electron chi connectivity index (χ0n) is 14.9. The number of para-hydroxylation sites is 1. The molecule has 27 heavy (non-hydrogen) atoms. The van der Waals surface area contributed by atoms with Crippen LogP contribution in [0.3, 0.4) is 0 Å². The molecule has 3 heterocycles. The topological polar surface area (TPSA) is 64.1 Å². The molecule has 6 heteroatoms. The van der Waals surface area contributed by atoms with Gasteiger partial charge in [0.05, 0.1) is 24.5 Å². The second kappa shape index (κ2) is 6.01. The van der Waals surface area contributed by atoms with Crippen molar-refractivity contribution in [2.75, 3.05) is 29.4 Å². The summed E-state index contributed by atoms with van der Waals surface area (Å²) in [6.07, 6.45) is -0.0990. The van der Waals surface area contributed by atoms with Gasteiger partial charge in [0.25, 0.3) is 0 Å². The molecule has 1 saturated heterocycles. The molecule has 5 rings (SSSR count). The predicted octanol–water partition coefficient (Wildman–Crippen LogP) is 2.89. The first-order chi connectivity index (χ1) is 13.1. The number of hydrogen-bond acceptors (Lipinski definition) is 3. The lowest BCUT2D eigenvalue weighted by Crippen LogP contribution is -2.52. The van der Waals surface area contributed by atoms with E-state index >= 15 is 0 Å². The van der Waals surface area contributed by atoms with E-state index in [0.717, 1.165) is 23.4 Å². The van der Waals surface area contributed by atoms with Crippen molar-refractivity contribution < 1.29 is 14.7 Å². The van der Waals surface area contributed by atoms with Crippen LogP contribution in [-0.4, -0.2) is 47.7 Å². The lowest BCUT2D eigenvalue weighted by Gasteiger charge is -2.41. The van der Waals surface area contributed by atoms with Gasteiger partial charge in [-0.05, 0) is 23.6 Å². The summed E-state index contributed by atoms with van der Waals surface area (Å²) in [6.45, 7) is 1.95. The van der Waals surface area contributed by atoms with Crippen LogP contribution in [0, 0.1) is 0 Å². The molecule has 1 N–H and O–H groups in total. The summed E-state index contributed by atoms with van der Waals surface area (Å²) in [7, 11) is 0. The second-order valence-electron chi connectivity index (χ2n) is 7.50. The van der Waals surface area contributed by atoms with Gasteiger partial charge in [0.15, 0.2) is 0 Å². The van der Waals surface area contributed by atoms with E-state index in [1.807, 2.05) is 47.4 Å². The highest BCUT2D eigenvalue weighted by Gasteiger charge is 2.47. The number of likely N-dealkylation sites (tertiary alicyclic amines) is 1. The Morgan fingerprint density at radius 3 is 2.70 bits per heavy atom. The van der Waals surface area contributed by atoms with Gasteiger partial charge in [-0.2, -0.15) is 0 Å². The third kappa shape index (κ3) is 2.47. The SMILES string of the molecule is O=C(O)N1CC[C@H]2[C@@H](C1)c1cccc3c1N2CC(=O)N3Cc1ccccc1. The van der Waals surface area contributed by atoms with Crippen LogP contribution in [0.4, 0.5) is 16.2 Å². The second-order valence-corrected chi connectivity index (χ2v) is 7.50. The zero-order chi connectivity index (χ0) is 18.5. The lowest BCUT2D eigenvalue weighted by atomic mass is 9.89. The largest absolute Gasteiger partial charge is 0.465 e. The maximum absolute atomic E-state index is 13.0. The number of carbonyl (C=O) groups is 2. The normalized spacial score (nSPS) is 23.3. The first-order valence-electron chi connectivity index (χ1n) is 9.35. The van der Waals surface area contributed by atoms with Crippen molar-refractivity contribution >= 4 is 23.4 Å². The van der Waals surface area contributed by atoms with Gasteiger partial charge in [-0.25, -0.2) is 4.79 Å². The molecular formula is C21H21N3O3. The molecule has 0 bridgehead atoms. The Labute approximate surface area is 157 Å². The third-order valence-corrected chi connectivity index (χ3v) is 6.06. The number of benzene rings is 2. The van der Waals surface area contributed by atoms with E-state index in [4.69, 9.17) is 0 Å². The van der Waals surface area contributed by atoms with E-state index in [-0.39, 0.29) is 17.9 Å². The van der Waals surface area contributed by atoms with Gasteiger partial charge in [-0.15, -0.1) is 0 Å². The van der Waals surface area contributed by atoms with Crippen molar-refractivity contribution in [2.45, 2.75) is 24.9 Å². The van der Waals surface area contributed by atoms with E-state index in [0.29, 0.717) is 26.2 Å².